The minimum absolute atomic E-state index is 0.184. The Morgan fingerprint density at radius 2 is 1.93 bits per heavy atom. The summed E-state index contributed by atoms with van der Waals surface area (Å²) in [5.41, 5.74) is 0. The van der Waals surface area contributed by atoms with Crippen molar-refractivity contribution < 1.29 is 24.4 Å². The molecule has 5 heteroatoms. The monoisotopic (exact) mass is 204 g/mol. The van der Waals surface area contributed by atoms with Crippen molar-refractivity contribution in [1.29, 1.82) is 0 Å². The van der Waals surface area contributed by atoms with Gasteiger partial charge in [0.1, 0.15) is 12.2 Å². The molecule has 0 aliphatic carbocycles. The highest BCUT2D eigenvalue weighted by molar-refractivity contribution is 4.80. The standard InChI is InChI=1S/C9H16O5/c10-2-8(11)9(1-6-3-12-6)14-5-7-4-13-7/h6-11H,1-5H2. The quantitative estimate of drug-likeness (QED) is 0.515. The lowest BCUT2D eigenvalue weighted by atomic mass is 10.1. The lowest BCUT2D eigenvalue weighted by Crippen LogP contribution is -2.34. The topological polar surface area (TPSA) is 74.8 Å². The molecule has 0 aromatic rings. The summed E-state index contributed by atoms with van der Waals surface area (Å²) >= 11 is 0. The average molecular weight is 204 g/mol. The minimum Gasteiger partial charge on any atom is -0.394 e. The van der Waals surface area contributed by atoms with Crippen molar-refractivity contribution in [3.8, 4) is 0 Å². The molecule has 5 nitrogen and oxygen atoms in total. The molecule has 14 heavy (non-hydrogen) atoms. The van der Waals surface area contributed by atoms with Crippen LogP contribution in [0.15, 0.2) is 0 Å². The Morgan fingerprint density at radius 1 is 1.29 bits per heavy atom. The van der Waals surface area contributed by atoms with Gasteiger partial charge in [0.2, 0.25) is 0 Å². The fourth-order valence-corrected chi connectivity index (χ4v) is 1.31. The zero-order chi connectivity index (χ0) is 9.97. The van der Waals surface area contributed by atoms with Crippen LogP contribution in [-0.4, -0.2) is 61.1 Å². The number of rotatable bonds is 7. The molecule has 2 aliphatic heterocycles. The van der Waals surface area contributed by atoms with Gasteiger partial charge in [0.15, 0.2) is 0 Å². The van der Waals surface area contributed by atoms with E-state index in [0.29, 0.717) is 13.0 Å². The molecule has 0 saturated carbocycles. The number of hydrogen-bond donors (Lipinski definition) is 2. The van der Waals surface area contributed by atoms with E-state index in [1.807, 2.05) is 0 Å². The molecule has 82 valence electrons. The maximum atomic E-state index is 9.46. The van der Waals surface area contributed by atoms with Crippen molar-refractivity contribution in [2.24, 2.45) is 0 Å². The van der Waals surface area contributed by atoms with Crippen LogP contribution in [-0.2, 0) is 14.2 Å². The van der Waals surface area contributed by atoms with E-state index in [4.69, 9.17) is 19.3 Å². The normalized spacial score (nSPS) is 33.9. The Labute approximate surface area is 82.6 Å². The molecular weight excluding hydrogens is 188 g/mol. The van der Waals surface area contributed by atoms with Crippen molar-refractivity contribution in [2.45, 2.75) is 30.8 Å². The molecule has 2 aliphatic rings. The molecule has 4 atom stereocenters. The maximum absolute atomic E-state index is 9.46. The second-order valence-electron chi connectivity index (χ2n) is 3.77. The largest absolute Gasteiger partial charge is 0.394 e. The Hall–Kier alpha value is -0.200. The summed E-state index contributed by atoms with van der Waals surface area (Å²) in [4.78, 5) is 0. The highest BCUT2D eigenvalue weighted by atomic mass is 16.6. The van der Waals surface area contributed by atoms with Gasteiger partial charge in [-0.3, -0.25) is 0 Å². The van der Waals surface area contributed by atoms with Crippen molar-refractivity contribution in [3.05, 3.63) is 0 Å². The van der Waals surface area contributed by atoms with E-state index in [0.717, 1.165) is 13.2 Å². The first kappa shape index (κ1) is 10.3. The minimum atomic E-state index is -0.821. The van der Waals surface area contributed by atoms with Gasteiger partial charge in [-0.25, -0.2) is 0 Å². The van der Waals surface area contributed by atoms with E-state index in [1.54, 1.807) is 0 Å². The van der Waals surface area contributed by atoms with Crippen LogP contribution >= 0.6 is 0 Å². The molecule has 0 aromatic heterocycles. The Morgan fingerprint density at radius 3 is 2.43 bits per heavy atom. The summed E-state index contributed by atoms with van der Waals surface area (Å²) in [7, 11) is 0. The number of ether oxygens (including phenoxy) is 3. The smallest absolute Gasteiger partial charge is 0.104 e. The van der Waals surface area contributed by atoms with Gasteiger partial charge < -0.3 is 24.4 Å². The zero-order valence-corrected chi connectivity index (χ0v) is 7.96. The molecular formula is C9H16O5. The number of epoxide rings is 2. The average Bonchev–Trinajstić information content (AvgIpc) is 3.03. The van der Waals surface area contributed by atoms with Crippen molar-refractivity contribution in [2.75, 3.05) is 26.4 Å². The van der Waals surface area contributed by atoms with E-state index >= 15 is 0 Å². The number of hydrogen-bond acceptors (Lipinski definition) is 5. The molecule has 0 bridgehead atoms. The third-order valence-electron chi connectivity index (χ3n) is 2.41. The van der Waals surface area contributed by atoms with Gasteiger partial charge in [-0.1, -0.05) is 0 Å². The zero-order valence-electron chi connectivity index (χ0n) is 7.96. The molecule has 2 saturated heterocycles. The fourth-order valence-electron chi connectivity index (χ4n) is 1.31. The summed E-state index contributed by atoms with van der Waals surface area (Å²) in [5, 5.41) is 18.3. The van der Waals surface area contributed by atoms with Crippen LogP contribution < -0.4 is 0 Å². The summed E-state index contributed by atoms with van der Waals surface area (Å²) in [6, 6.07) is 0. The van der Waals surface area contributed by atoms with E-state index in [9.17, 15) is 5.11 Å². The van der Waals surface area contributed by atoms with E-state index < -0.39 is 6.10 Å². The van der Waals surface area contributed by atoms with Crippen molar-refractivity contribution in [3.63, 3.8) is 0 Å². The highest BCUT2D eigenvalue weighted by Crippen LogP contribution is 2.20. The summed E-state index contributed by atoms with van der Waals surface area (Å²) in [6.07, 6.45) is -0.131. The van der Waals surface area contributed by atoms with Gasteiger partial charge in [0.25, 0.3) is 0 Å². The Balaban J connectivity index is 1.70. The van der Waals surface area contributed by atoms with Gasteiger partial charge in [0.05, 0.1) is 38.6 Å². The van der Waals surface area contributed by atoms with Gasteiger partial charge in [-0.2, -0.15) is 0 Å². The molecule has 0 aromatic carbocycles. The van der Waals surface area contributed by atoms with Crippen molar-refractivity contribution >= 4 is 0 Å². The van der Waals surface area contributed by atoms with Gasteiger partial charge >= 0.3 is 0 Å². The Kier molecular flexibility index (Phi) is 3.35. The number of aliphatic hydroxyl groups is 2. The highest BCUT2D eigenvalue weighted by Gasteiger charge is 2.32. The first-order valence-electron chi connectivity index (χ1n) is 4.93. The van der Waals surface area contributed by atoms with Crippen LogP contribution in [0.1, 0.15) is 6.42 Å². The van der Waals surface area contributed by atoms with Crippen LogP contribution in [0.2, 0.25) is 0 Å². The second-order valence-corrected chi connectivity index (χ2v) is 3.77. The predicted molar refractivity (Wildman–Crippen MR) is 46.9 cm³/mol. The van der Waals surface area contributed by atoms with Crippen LogP contribution in [0.4, 0.5) is 0 Å². The predicted octanol–water partition coefficient (Wildman–Crippen LogP) is -1.09. The maximum Gasteiger partial charge on any atom is 0.104 e. The first-order chi connectivity index (χ1) is 6.79. The molecule has 0 spiro atoms. The first-order valence-corrected chi connectivity index (χ1v) is 4.93. The Bertz CT molecular complexity index is 178. The molecule has 0 radical (unpaired) electrons. The number of aliphatic hydroxyl groups excluding tert-OH is 2. The molecule has 2 fully saturated rings. The second kappa shape index (κ2) is 4.55. The molecule has 2 heterocycles. The van der Waals surface area contributed by atoms with E-state index in [1.165, 1.54) is 0 Å². The molecule has 2 rings (SSSR count). The van der Waals surface area contributed by atoms with E-state index in [2.05, 4.69) is 0 Å². The van der Waals surface area contributed by atoms with Crippen LogP contribution in [0.25, 0.3) is 0 Å². The fraction of sp³-hybridized carbons (Fsp3) is 1.00. The van der Waals surface area contributed by atoms with E-state index in [-0.39, 0.29) is 24.9 Å². The van der Waals surface area contributed by atoms with Crippen LogP contribution in [0.3, 0.4) is 0 Å². The summed E-state index contributed by atoms with van der Waals surface area (Å²) < 4.78 is 15.5. The molecule has 4 unspecified atom stereocenters. The lowest BCUT2D eigenvalue weighted by molar-refractivity contribution is -0.0669. The van der Waals surface area contributed by atoms with Crippen molar-refractivity contribution in [1.82, 2.24) is 0 Å². The van der Waals surface area contributed by atoms with Gasteiger partial charge in [0, 0.05) is 6.42 Å². The molecule has 2 N–H and O–H groups in total. The SMILES string of the molecule is OCC(O)C(CC1CO1)OCC1CO1. The summed E-state index contributed by atoms with van der Waals surface area (Å²) in [5.74, 6) is 0. The van der Waals surface area contributed by atoms with Crippen LogP contribution in [0.5, 0.6) is 0 Å². The lowest BCUT2D eigenvalue weighted by Gasteiger charge is -2.20. The molecule has 0 amide bonds. The van der Waals surface area contributed by atoms with Gasteiger partial charge in [-0.05, 0) is 0 Å². The third kappa shape index (κ3) is 3.18. The third-order valence-corrected chi connectivity index (χ3v) is 2.41. The van der Waals surface area contributed by atoms with Gasteiger partial charge in [-0.15, -0.1) is 0 Å². The van der Waals surface area contributed by atoms with Crippen LogP contribution in [0, 0.1) is 0 Å². The summed E-state index contributed by atoms with van der Waals surface area (Å²) in [6.45, 7) is 1.69.